The molecule has 0 saturated carbocycles. The van der Waals surface area contributed by atoms with Crippen LogP contribution in [0.4, 0.5) is 28.8 Å². The molecule has 0 aliphatic rings. The first-order chi connectivity index (χ1) is 13.1. The van der Waals surface area contributed by atoms with Crippen LogP contribution in [-0.2, 0) is 0 Å². The Morgan fingerprint density at radius 1 is 1.00 bits per heavy atom. The summed E-state index contributed by atoms with van der Waals surface area (Å²) in [6.07, 6.45) is 0. The molecule has 0 fully saturated rings. The van der Waals surface area contributed by atoms with Crippen LogP contribution >= 0.6 is 0 Å². The number of aryl methyl sites for hydroxylation is 1. The summed E-state index contributed by atoms with van der Waals surface area (Å²) in [7, 11) is 0. The number of hydrogen-bond acceptors (Lipinski definition) is 7. The molecular formula is C19H19N5O3. The third-order valence-corrected chi connectivity index (χ3v) is 3.70. The number of nitrogens with one attached hydrogen (secondary N) is 2. The minimum atomic E-state index is -0.488. The largest absolute Gasteiger partial charge is 0.494 e. The predicted octanol–water partition coefficient (Wildman–Crippen LogP) is 4.58. The van der Waals surface area contributed by atoms with Crippen molar-refractivity contribution in [1.82, 2.24) is 9.97 Å². The number of nitrogens with zero attached hydrogens (tertiary/aromatic N) is 3. The molecule has 8 heteroatoms. The Morgan fingerprint density at radius 3 is 2.30 bits per heavy atom. The Morgan fingerprint density at radius 2 is 1.67 bits per heavy atom. The van der Waals surface area contributed by atoms with Gasteiger partial charge >= 0.3 is 5.69 Å². The first-order valence-electron chi connectivity index (χ1n) is 8.42. The lowest BCUT2D eigenvalue weighted by Crippen LogP contribution is -2.07. The minimum Gasteiger partial charge on any atom is -0.494 e. The summed E-state index contributed by atoms with van der Waals surface area (Å²) in [6, 6.07) is 16.5. The highest BCUT2D eigenvalue weighted by Crippen LogP contribution is 2.30. The Labute approximate surface area is 156 Å². The summed E-state index contributed by atoms with van der Waals surface area (Å²) in [5, 5.41) is 17.5. The van der Waals surface area contributed by atoms with E-state index in [-0.39, 0.29) is 23.1 Å². The lowest BCUT2D eigenvalue weighted by atomic mass is 10.3. The topological polar surface area (TPSA) is 102 Å². The lowest BCUT2D eigenvalue weighted by Gasteiger charge is -2.11. The molecule has 0 atom stereocenters. The molecule has 0 spiro atoms. The summed E-state index contributed by atoms with van der Waals surface area (Å²) < 4.78 is 5.41. The van der Waals surface area contributed by atoms with Crippen molar-refractivity contribution in [2.75, 3.05) is 17.2 Å². The van der Waals surface area contributed by atoms with Crippen molar-refractivity contribution in [2.24, 2.45) is 0 Å². The van der Waals surface area contributed by atoms with Crippen LogP contribution in [-0.4, -0.2) is 21.5 Å². The Bertz CT molecular complexity index is 930. The van der Waals surface area contributed by atoms with E-state index in [2.05, 4.69) is 20.6 Å². The molecule has 0 radical (unpaired) electrons. The van der Waals surface area contributed by atoms with Crippen LogP contribution in [0.15, 0.2) is 54.6 Å². The molecule has 3 aromatic rings. The van der Waals surface area contributed by atoms with Crippen LogP contribution in [0.3, 0.4) is 0 Å². The number of para-hydroxylation sites is 1. The van der Waals surface area contributed by atoms with Crippen molar-refractivity contribution in [3.05, 3.63) is 70.4 Å². The van der Waals surface area contributed by atoms with E-state index in [0.717, 1.165) is 11.4 Å². The number of nitro groups is 1. The number of benzene rings is 2. The molecule has 0 unspecified atom stereocenters. The van der Waals surface area contributed by atoms with Crippen LogP contribution in [0, 0.1) is 17.0 Å². The molecular weight excluding hydrogens is 346 g/mol. The summed E-state index contributed by atoms with van der Waals surface area (Å²) in [4.78, 5) is 19.5. The van der Waals surface area contributed by atoms with Crippen LogP contribution < -0.4 is 15.4 Å². The van der Waals surface area contributed by atoms with Gasteiger partial charge in [-0.25, -0.2) is 4.98 Å². The molecule has 0 saturated heterocycles. The number of aromatic nitrogens is 2. The minimum absolute atomic E-state index is 0.120. The second-order valence-corrected chi connectivity index (χ2v) is 5.66. The zero-order valence-electron chi connectivity index (χ0n) is 15.0. The van der Waals surface area contributed by atoms with Gasteiger partial charge < -0.3 is 15.4 Å². The first-order valence-corrected chi connectivity index (χ1v) is 8.42. The lowest BCUT2D eigenvalue weighted by molar-refractivity contribution is -0.385. The number of hydrogen-bond donors (Lipinski definition) is 2. The van der Waals surface area contributed by atoms with Gasteiger partial charge in [0.25, 0.3) is 0 Å². The molecule has 27 heavy (non-hydrogen) atoms. The highest BCUT2D eigenvalue weighted by Gasteiger charge is 2.22. The van der Waals surface area contributed by atoms with Crippen molar-refractivity contribution in [2.45, 2.75) is 13.8 Å². The molecule has 1 heterocycles. The van der Waals surface area contributed by atoms with Crippen LogP contribution in [0.2, 0.25) is 0 Å². The molecule has 0 aliphatic carbocycles. The zero-order valence-corrected chi connectivity index (χ0v) is 15.0. The maximum Gasteiger partial charge on any atom is 0.332 e. The molecule has 3 rings (SSSR count). The molecule has 1 aromatic heterocycles. The summed E-state index contributed by atoms with van der Waals surface area (Å²) in [5.41, 5.74) is 1.55. The Kier molecular flexibility index (Phi) is 5.46. The van der Waals surface area contributed by atoms with E-state index in [4.69, 9.17) is 4.74 Å². The predicted molar refractivity (Wildman–Crippen MR) is 104 cm³/mol. The monoisotopic (exact) mass is 365 g/mol. The molecule has 0 aliphatic heterocycles. The second kappa shape index (κ2) is 8.13. The fraction of sp³-hybridized carbons (Fsp3) is 0.158. The highest BCUT2D eigenvalue weighted by molar-refractivity contribution is 5.69. The maximum atomic E-state index is 11.5. The van der Waals surface area contributed by atoms with Crippen molar-refractivity contribution < 1.29 is 9.66 Å². The van der Waals surface area contributed by atoms with Gasteiger partial charge in [0.05, 0.1) is 11.5 Å². The molecule has 0 amide bonds. The van der Waals surface area contributed by atoms with Gasteiger partial charge in [-0.05, 0) is 50.2 Å². The van der Waals surface area contributed by atoms with Gasteiger partial charge in [0.2, 0.25) is 11.8 Å². The smallest absolute Gasteiger partial charge is 0.332 e. The third-order valence-electron chi connectivity index (χ3n) is 3.70. The number of anilines is 4. The average Bonchev–Trinajstić information content (AvgIpc) is 2.64. The number of ether oxygens (including phenoxy) is 1. The van der Waals surface area contributed by atoms with Crippen molar-refractivity contribution in [1.29, 1.82) is 0 Å². The Hall–Kier alpha value is -3.68. The first kappa shape index (κ1) is 18.1. The van der Waals surface area contributed by atoms with E-state index in [0.29, 0.717) is 12.3 Å². The third kappa shape index (κ3) is 4.49. The summed E-state index contributed by atoms with van der Waals surface area (Å²) in [6.45, 7) is 4.05. The van der Waals surface area contributed by atoms with Crippen LogP contribution in [0.5, 0.6) is 5.75 Å². The van der Waals surface area contributed by atoms with Crippen molar-refractivity contribution in [3.8, 4) is 5.75 Å². The fourth-order valence-corrected chi connectivity index (χ4v) is 2.52. The van der Waals surface area contributed by atoms with Gasteiger partial charge in [-0.3, -0.25) is 10.1 Å². The van der Waals surface area contributed by atoms with E-state index in [1.54, 1.807) is 31.2 Å². The van der Waals surface area contributed by atoms with Crippen LogP contribution in [0.25, 0.3) is 0 Å². The normalized spacial score (nSPS) is 10.3. The van der Waals surface area contributed by atoms with Crippen molar-refractivity contribution in [3.63, 3.8) is 0 Å². The molecule has 2 N–H and O–H groups in total. The molecule has 138 valence electrons. The second-order valence-electron chi connectivity index (χ2n) is 5.66. The molecule has 2 aromatic carbocycles. The van der Waals surface area contributed by atoms with Gasteiger partial charge in [-0.15, -0.1) is 0 Å². The standard InChI is InChI=1S/C19H19N5O3/c1-3-27-16-11-9-15(10-12-16)21-18-17(24(25)26)13(2)20-19(23-18)22-14-7-5-4-6-8-14/h4-12H,3H2,1-2H3,(H2,20,21,22,23). The van der Waals surface area contributed by atoms with Gasteiger partial charge in [0.1, 0.15) is 11.4 Å². The van der Waals surface area contributed by atoms with Gasteiger partial charge in [0, 0.05) is 11.4 Å². The summed E-state index contributed by atoms with van der Waals surface area (Å²) in [5.74, 6) is 1.12. The average molecular weight is 365 g/mol. The van der Waals surface area contributed by atoms with E-state index in [1.165, 1.54) is 0 Å². The highest BCUT2D eigenvalue weighted by atomic mass is 16.6. The number of rotatable bonds is 7. The quantitative estimate of drug-likeness (QED) is 0.467. The van der Waals surface area contributed by atoms with Gasteiger partial charge in [0.15, 0.2) is 0 Å². The van der Waals surface area contributed by atoms with E-state index >= 15 is 0 Å². The van der Waals surface area contributed by atoms with Gasteiger partial charge in [-0.2, -0.15) is 4.98 Å². The zero-order chi connectivity index (χ0) is 19.2. The molecule has 0 bridgehead atoms. The Balaban J connectivity index is 1.92. The van der Waals surface area contributed by atoms with Gasteiger partial charge in [-0.1, -0.05) is 18.2 Å². The SMILES string of the molecule is CCOc1ccc(Nc2nc(Nc3ccccc3)nc(C)c2[N+](=O)[O-])cc1. The van der Waals surface area contributed by atoms with Crippen molar-refractivity contribution >= 4 is 28.8 Å². The fourth-order valence-electron chi connectivity index (χ4n) is 2.52. The maximum absolute atomic E-state index is 11.5. The van der Waals surface area contributed by atoms with E-state index < -0.39 is 4.92 Å². The van der Waals surface area contributed by atoms with E-state index in [1.807, 2.05) is 37.3 Å². The van der Waals surface area contributed by atoms with Crippen LogP contribution in [0.1, 0.15) is 12.6 Å². The molecule has 8 nitrogen and oxygen atoms in total. The van der Waals surface area contributed by atoms with E-state index in [9.17, 15) is 10.1 Å². The summed E-state index contributed by atoms with van der Waals surface area (Å²) >= 11 is 0.